The summed E-state index contributed by atoms with van der Waals surface area (Å²) in [6, 6.07) is 4.12. The van der Waals surface area contributed by atoms with Gasteiger partial charge in [0.2, 0.25) is 0 Å². The van der Waals surface area contributed by atoms with Gasteiger partial charge in [-0.05, 0) is 18.4 Å². The molecule has 1 fully saturated rings. The van der Waals surface area contributed by atoms with Crippen LogP contribution in [0.15, 0.2) is 22.9 Å². The summed E-state index contributed by atoms with van der Waals surface area (Å²) in [6.45, 7) is 5.23. The minimum absolute atomic E-state index is 0.212. The van der Waals surface area contributed by atoms with E-state index in [1.54, 1.807) is 27.6 Å². The Kier molecular flexibility index (Phi) is 4.40. The zero-order valence-corrected chi connectivity index (χ0v) is 13.5. The van der Waals surface area contributed by atoms with Gasteiger partial charge < -0.3 is 14.5 Å². The van der Waals surface area contributed by atoms with E-state index >= 15 is 0 Å². The van der Waals surface area contributed by atoms with Gasteiger partial charge in [0.25, 0.3) is 0 Å². The van der Waals surface area contributed by atoms with Gasteiger partial charge in [0.1, 0.15) is 0 Å². The Hall–Kier alpha value is -1.60. The predicted octanol–water partition coefficient (Wildman–Crippen LogP) is 3.15. The average molecular weight is 323 g/mol. The molecule has 0 unspecified atom stereocenters. The molecule has 1 saturated heterocycles. The van der Waals surface area contributed by atoms with Crippen molar-refractivity contribution in [2.45, 2.75) is 6.92 Å². The minimum Gasteiger partial charge on any atom is -0.450 e. The topological polar surface area (TPSA) is 45.7 Å². The van der Waals surface area contributed by atoms with Crippen molar-refractivity contribution >= 4 is 33.9 Å². The number of amides is 1. The molecular formula is C14H17N3O2S2. The molecule has 0 aliphatic carbocycles. The molecule has 0 N–H and O–H groups in total. The molecule has 7 heteroatoms. The van der Waals surface area contributed by atoms with Gasteiger partial charge in [-0.25, -0.2) is 9.78 Å². The van der Waals surface area contributed by atoms with E-state index in [1.807, 2.05) is 13.0 Å². The first-order valence-electron chi connectivity index (χ1n) is 6.94. The van der Waals surface area contributed by atoms with E-state index < -0.39 is 0 Å². The molecule has 1 aliphatic rings. The first-order valence-corrected chi connectivity index (χ1v) is 8.70. The number of piperazine rings is 1. The van der Waals surface area contributed by atoms with Gasteiger partial charge >= 0.3 is 6.09 Å². The Labute approximate surface area is 131 Å². The summed E-state index contributed by atoms with van der Waals surface area (Å²) in [5.41, 5.74) is 1.04. The lowest BCUT2D eigenvalue weighted by Crippen LogP contribution is -2.48. The molecule has 2 aromatic heterocycles. The van der Waals surface area contributed by atoms with Gasteiger partial charge in [-0.15, -0.1) is 22.7 Å². The first kappa shape index (κ1) is 14.3. The molecule has 3 rings (SSSR count). The minimum atomic E-state index is -0.212. The summed E-state index contributed by atoms with van der Waals surface area (Å²) in [7, 11) is 0. The number of ether oxygens (including phenoxy) is 1. The highest BCUT2D eigenvalue weighted by Gasteiger charge is 2.23. The number of thiophene rings is 1. The molecule has 112 valence electrons. The second-order valence-corrected chi connectivity index (χ2v) is 6.45. The van der Waals surface area contributed by atoms with Gasteiger partial charge in [0.15, 0.2) is 5.13 Å². The van der Waals surface area contributed by atoms with Crippen LogP contribution >= 0.6 is 22.7 Å². The number of nitrogens with zero attached hydrogens (tertiary/aromatic N) is 3. The van der Waals surface area contributed by atoms with Crippen molar-refractivity contribution < 1.29 is 9.53 Å². The lowest BCUT2D eigenvalue weighted by Gasteiger charge is -2.33. The summed E-state index contributed by atoms with van der Waals surface area (Å²) >= 11 is 3.36. The molecule has 0 bridgehead atoms. The van der Waals surface area contributed by atoms with Gasteiger partial charge in [-0.3, -0.25) is 0 Å². The molecule has 3 heterocycles. The third-order valence-corrected chi connectivity index (χ3v) is 5.14. The molecule has 1 aliphatic heterocycles. The number of carbonyl (C=O) groups is 1. The van der Waals surface area contributed by atoms with E-state index in [4.69, 9.17) is 9.72 Å². The maximum Gasteiger partial charge on any atom is 0.409 e. The van der Waals surface area contributed by atoms with Gasteiger partial charge in [0, 0.05) is 31.6 Å². The zero-order chi connectivity index (χ0) is 14.7. The monoisotopic (exact) mass is 323 g/mol. The van der Waals surface area contributed by atoms with Crippen molar-refractivity contribution in [2.24, 2.45) is 0 Å². The quantitative estimate of drug-likeness (QED) is 0.870. The van der Waals surface area contributed by atoms with Crippen LogP contribution in [0.1, 0.15) is 6.92 Å². The molecule has 0 spiro atoms. The molecule has 5 nitrogen and oxygen atoms in total. The number of hydrogen-bond acceptors (Lipinski definition) is 6. The Bertz CT molecular complexity index is 589. The number of thiazole rings is 1. The van der Waals surface area contributed by atoms with Crippen LogP contribution in [0.4, 0.5) is 9.93 Å². The lowest BCUT2D eigenvalue weighted by molar-refractivity contribution is 0.105. The third kappa shape index (κ3) is 3.19. The van der Waals surface area contributed by atoms with Crippen LogP contribution in [0.2, 0.25) is 0 Å². The van der Waals surface area contributed by atoms with Crippen LogP contribution in [0.3, 0.4) is 0 Å². The summed E-state index contributed by atoms with van der Waals surface area (Å²) in [6.07, 6.45) is -0.212. The normalized spacial score (nSPS) is 15.3. The van der Waals surface area contributed by atoms with Gasteiger partial charge in [-0.2, -0.15) is 0 Å². The van der Waals surface area contributed by atoms with Crippen molar-refractivity contribution in [3.8, 4) is 10.6 Å². The standard InChI is InChI=1S/C14H17N3O2S2/c1-2-19-14(18)17-7-5-16(6-8-17)13-15-11(10-21-13)12-4-3-9-20-12/h3-4,9-10H,2,5-8H2,1H3. The Morgan fingerprint density at radius 1 is 1.33 bits per heavy atom. The van der Waals surface area contributed by atoms with Crippen LogP contribution in [0, 0.1) is 0 Å². The number of rotatable bonds is 3. The van der Waals surface area contributed by atoms with Crippen molar-refractivity contribution in [2.75, 3.05) is 37.7 Å². The largest absolute Gasteiger partial charge is 0.450 e. The van der Waals surface area contributed by atoms with Crippen molar-refractivity contribution in [1.29, 1.82) is 0 Å². The second-order valence-electron chi connectivity index (χ2n) is 4.67. The maximum absolute atomic E-state index is 11.7. The molecule has 0 atom stereocenters. The summed E-state index contributed by atoms with van der Waals surface area (Å²) in [5.74, 6) is 0. The molecule has 2 aromatic rings. The maximum atomic E-state index is 11.7. The fourth-order valence-electron chi connectivity index (χ4n) is 2.24. The summed E-state index contributed by atoms with van der Waals surface area (Å²) in [5, 5.41) is 5.19. The molecule has 0 radical (unpaired) electrons. The van der Waals surface area contributed by atoms with Crippen LogP contribution in [0.25, 0.3) is 10.6 Å². The van der Waals surface area contributed by atoms with Crippen LogP contribution in [-0.4, -0.2) is 48.8 Å². The van der Waals surface area contributed by atoms with Gasteiger partial charge in [-0.1, -0.05) is 6.07 Å². The average Bonchev–Trinajstić information content (AvgIpc) is 3.19. The zero-order valence-electron chi connectivity index (χ0n) is 11.8. The smallest absolute Gasteiger partial charge is 0.409 e. The second kappa shape index (κ2) is 6.44. The first-order chi connectivity index (χ1) is 10.3. The Balaban J connectivity index is 1.61. The SMILES string of the molecule is CCOC(=O)N1CCN(c2nc(-c3cccs3)cs2)CC1. The highest BCUT2D eigenvalue weighted by atomic mass is 32.1. The highest BCUT2D eigenvalue weighted by molar-refractivity contribution is 7.16. The summed E-state index contributed by atoms with van der Waals surface area (Å²) in [4.78, 5) is 21.6. The molecule has 0 aromatic carbocycles. The molecule has 1 amide bonds. The number of aromatic nitrogens is 1. The number of carbonyl (C=O) groups excluding carboxylic acids is 1. The van der Waals surface area contributed by atoms with Crippen molar-refractivity contribution in [1.82, 2.24) is 9.88 Å². The van der Waals surface area contributed by atoms with E-state index in [1.165, 1.54) is 4.88 Å². The van der Waals surface area contributed by atoms with E-state index in [0.717, 1.165) is 23.9 Å². The van der Waals surface area contributed by atoms with E-state index in [2.05, 4.69) is 21.7 Å². The van der Waals surface area contributed by atoms with E-state index in [0.29, 0.717) is 19.7 Å². The van der Waals surface area contributed by atoms with Crippen LogP contribution in [-0.2, 0) is 4.74 Å². The van der Waals surface area contributed by atoms with Crippen LogP contribution < -0.4 is 4.90 Å². The van der Waals surface area contributed by atoms with E-state index in [-0.39, 0.29) is 6.09 Å². The molecular weight excluding hydrogens is 306 g/mol. The molecule has 21 heavy (non-hydrogen) atoms. The highest BCUT2D eigenvalue weighted by Crippen LogP contribution is 2.30. The Morgan fingerprint density at radius 2 is 2.14 bits per heavy atom. The third-order valence-electron chi connectivity index (χ3n) is 3.34. The fraction of sp³-hybridized carbons (Fsp3) is 0.429. The summed E-state index contributed by atoms with van der Waals surface area (Å²) < 4.78 is 5.03. The van der Waals surface area contributed by atoms with E-state index in [9.17, 15) is 4.79 Å². The predicted molar refractivity (Wildman–Crippen MR) is 86.2 cm³/mol. The van der Waals surface area contributed by atoms with Gasteiger partial charge in [0.05, 0.1) is 17.2 Å². The molecule has 0 saturated carbocycles. The van der Waals surface area contributed by atoms with Crippen LogP contribution in [0.5, 0.6) is 0 Å². The fourth-order valence-corrected chi connectivity index (χ4v) is 3.88. The van der Waals surface area contributed by atoms with Crippen molar-refractivity contribution in [3.05, 3.63) is 22.9 Å². The Morgan fingerprint density at radius 3 is 2.81 bits per heavy atom. The lowest BCUT2D eigenvalue weighted by atomic mass is 10.3. The van der Waals surface area contributed by atoms with Crippen molar-refractivity contribution in [3.63, 3.8) is 0 Å². The number of hydrogen-bond donors (Lipinski definition) is 0. The number of anilines is 1.